The smallest absolute Gasteiger partial charge is 0.279 e. The molecule has 0 spiro atoms. The van der Waals surface area contributed by atoms with E-state index >= 15 is 0 Å². The fourth-order valence-electron chi connectivity index (χ4n) is 3.07. The number of para-hydroxylation sites is 1. The maximum Gasteiger partial charge on any atom is 0.279 e. The molecule has 1 unspecified atom stereocenters. The number of fused-ring (bicyclic) bond motifs is 1. The van der Waals surface area contributed by atoms with E-state index in [1.807, 2.05) is 25.1 Å². The highest BCUT2D eigenvalue weighted by molar-refractivity contribution is 6.33. The van der Waals surface area contributed by atoms with Crippen LogP contribution in [0.1, 0.15) is 18.5 Å². The van der Waals surface area contributed by atoms with Crippen molar-refractivity contribution in [2.75, 3.05) is 38.7 Å². The molecule has 8 heteroatoms. The molecule has 0 aromatic heterocycles. The fourth-order valence-corrected chi connectivity index (χ4v) is 3.26. The van der Waals surface area contributed by atoms with E-state index in [1.165, 1.54) is 0 Å². The molecule has 2 aromatic rings. The largest absolute Gasteiger partial charge is 0.486 e. The SMILES string of the molecule is C[C@@H](NC(=O)C[NH+](C)CC(=O)Nc1ccccc1Cl)c1ccc2c(c1)OCCO2. The van der Waals surface area contributed by atoms with Crippen molar-refractivity contribution < 1.29 is 24.0 Å². The van der Waals surface area contributed by atoms with Crippen molar-refractivity contribution in [2.24, 2.45) is 0 Å². The van der Waals surface area contributed by atoms with Gasteiger partial charge in [-0.05, 0) is 36.8 Å². The average Bonchev–Trinajstić information content (AvgIpc) is 2.69. The van der Waals surface area contributed by atoms with Gasteiger partial charge in [0.25, 0.3) is 11.8 Å². The number of anilines is 1. The van der Waals surface area contributed by atoms with Crippen molar-refractivity contribution in [2.45, 2.75) is 13.0 Å². The van der Waals surface area contributed by atoms with Crippen LogP contribution in [0.15, 0.2) is 42.5 Å². The average molecular weight is 419 g/mol. The molecule has 154 valence electrons. The third-order valence-corrected chi connectivity index (χ3v) is 4.85. The summed E-state index contributed by atoms with van der Waals surface area (Å²) in [6, 6.07) is 12.5. The first-order valence-electron chi connectivity index (χ1n) is 9.47. The first kappa shape index (κ1) is 21.0. The molecule has 0 fully saturated rings. The monoisotopic (exact) mass is 418 g/mol. The van der Waals surface area contributed by atoms with Crippen LogP contribution in [0.3, 0.4) is 0 Å². The molecule has 0 bridgehead atoms. The van der Waals surface area contributed by atoms with Gasteiger partial charge in [-0.25, -0.2) is 0 Å². The van der Waals surface area contributed by atoms with Gasteiger partial charge in [-0.1, -0.05) is 29.8 Å². The summed E-state index contributed by atoms with van der Waals surface area (Å²) in [6.45, 7) is 3.28. The van der Waals surface area contributed by atoms with Crippen molar-refractivity contribution in [3.05, 3.63) is 53.1 Å². The normalized spacial score (nSPS) is 14.6. The molecule has 0 radical (unpaired) electrons. The lowest BCUT2D eigenvalue weighted by molar-refractivity contribution is -0.862. The van der Waals surface area contributed by atoms with Gasteiger partial charge in [0.2, 0.25) is 0 Å². The molecule has 1 aliphatic rings. The fraction of sp³-hybridized carbons (Fsp3) is 0.333. The van der Waals surface area contributed by atoms with Crippen LogP contribution in [0.25, 0.3) is 0 Å². The van der Waals surface area contributed by atoms with Crippen LogP contribution in [-0.2, 0) is 9.59 Å². The molecular weight excluding hydrogens is 394 g/mol. The zero-order valence-electron chi connectivity index (χ0n) is 16.5. The number of amides is 2. The van der Waals surface area contributed by atoms with E-state index in [4.69, 9.17) is 21.1 Å². The lowest BCUT2D eigenvalue weighted by Gasteiger charge is -2.21. The van der Waals surface area contributed by atoms with E-state index in [-0.39, 0.29) is 30.9 Å². The number of hydrogen-bond acceptors (Lipinski definition) is 4. The number of hydrogen-bond donors (Lipinski definition) is 3. The molecule has 29 heavy (non-hydrogen) atoms. The van der Waals surface area contributed by atoms with Gasteiger partial charge in [0, 0.05) is 0 Å². The van der Waals surface area contributed by atoms with Gasteiger partial charge in [-0.3, -0.25) is 9.59 Å². The molecule has 0 saturated heterocycles. The summed E-state index contributed by atoms with van der Waals surface area (Å²) in [5.74, 6) is 1.06. The maximum atomic E-state index is 12.4. The summed E-state index contributed by atoms with van der Waals surface area (Å²) >= 11 is 6.05. The van der Waals surface area contributed by atoms with Crippen LogP contribution in [0.2, 0.25) is 5.02 Å². The van der Waals surface area contributed by atoms with Crippen molar-refractivity contribution in [1.82, 2.24) is 5.32 Å². The van der Waals surface area contributed by atoms with E-state index < -0.39 is 0 Å². The van der Waals surface area contributed by atoms with Crippen LogP contribution in [0, 0.1) is 0 Å². The second kappa shape index (κ2) is 9.62. The number of benzene rings is 2. The van der Waals surface area contributed by atoms with E-state index in [0.717, 1.165) is 10.5 Å². The number of rotatable bonds is 7. The van der Waals surface area contributed by atoms with Crippen molar-refractivity contribution in [1.29, 1.82) is 0 Å². The lowest BCUT2D eigenvalue weighted by Crippen LogP contribution is -3.11. The zero-order valence-corrected chi connectivity index (χ0v) is 17.2. The summed E-state index contributed by atoms with van der Waals surface area (Å²) in [7, 11) is 1.79. The van der Waals surface area contributed by atoms with Crippen LogP contribution < -0.4 is 25.0 Å². The lowest BCUT2D eigenvalue weighted by atomic mass is 10.1. The predicted molar refractivity (Wildman–Crippen MR) is 111 cm³/mol. The van der Waals surface area contributed by atoms with Crippen LogP contribution >= 0.6 is 11.6 Å². The Morgan fingerprint density at radius 2 is 1.76 bits per heavy atom. The molecule has 1 aliphatic heterocycles. The number of halogens is 1. The Morgan fingerprint density at radius 1 is 1.07 bits per heavy atom. The number of carbonyl (C=O) groups excluding carboxylic acids is 2. The Labute approximate surface area is 174 Å². The van der Waals surface area contributed by atoms with Crippen molar-refractivity contribution >= 4 is 29.1 Å². The Hall–Kier alpha value is -2.77. The molecule has 0 aliphatic carbocycles. The summed E-state index contributed by atoms with van der Waals surface area (Å²) in [6.07, 6.45) is 0. The molecule has 2 aromatic carbocycles. The van der Waals surface area contributed by atoms with Gasteiger partial charge in [0.1, 0.15) is 13.2 Å². The van der Waals surface area contributed by atoms with Gasteiger partial charge in [0.05, 0.1) is 23.8 Å². The highest BCUT2D eigenvalue weighted by atomic mass is 35.5. The minimum Gasteiger partial charge on any atom is -0.486 e. The Bertz CT molecular complexity index is 890. The van der Waals surface area contributed by atoms with E-state index in [9.17, 15) is 9.59 Å². The van der Waals surface area contributed by atoms with Gasteiger partial charge >= 0.3 is 0 Å². The predicted octanol–water partition coefficient (Wildman–Crippen LogP) is 1.44. The molecular formula is C21H25ClN3O4+. The summed E-state index contributed by atoms with van der Waals surface area (Å²) in [5, 5.41) is 6.19. The summed E-state index contributed by atoms with van der Waals surface area (Å²) in [4.78, 5) is 25.3. The summed E-state index contributed by atoms with van der Waals surface area (Å²) in [5.41, 5.74) is 1.49. The van der Waals surface area contributed by atoms with Gasteiger partial charge in [0.15, 0.2) is 24.6 Å². The number of carbonyl (C=O) groups is 2. The number of likely N-dealkylation sites (N-methyl/N-ethyl adjacent to an activating group) is 1. The third-order valence-electron chi connectivity index (χ3n) is 4.52. The van der Waals surface area contributed by atoms with E-state index in [1.54, 1.807) is 31.3 Å². The number of ether oxygens (including phenoxy) is 2. The van der Waals surface area contributed by atoms with Crippen molar-refractivity contribution in [3.8, 4) is 11.5 Å². The zero-order chi connectivity index (χ0) is 20.8. The van der Waals surface area contributed by atoms with Gasteiger partial charge in [-0.15, -0.1) is 0 Å². The van der Waals surface area contributed by atoms with Crippen molar-refractivity contribution in [3.63, 3.8) is 0 Å². The standard InChI is InChI=1S/C21H24ClN3O4/c1-14(15-7-8-18-19(11-15)29-10-9-28-18)23-20(26)12-25(2)13-21(27)24-17-6-4-3-5-16(17)22/h3-8,11,14H,9-10,12-13H2,1-2H3,(H,23,26)(H,24,27)/p+1/t14-/m1/s1. The minimum atomic E-state index is -0.205. The minimum absolute atomic E-state index is 0.143. The van der Waals surface area contributed by atoms with Crippen LogP contribution in [0.4, 0.5) is 5.69 Å². The van der Waals surface area contributed by atoms with Gasteiger partial charge in [-0.2, -0.15) is 0 Å². The molecule has 2 amide bonds. The first-order valence-corrected chi connectivity index (χ1v) is 9.85. The molecule has 3 rings (SSSR count). The van der Waals surface area contributed by atoms with Crippen LogP contribution in [-0.4, -0.2) is 45.2 Å². The third kappa shape index (κ3) is 5.85. The second-order valence-corrected chi connectivity index (χ2v) is 7.44. The summed E-state index contributed by atoms with van der Waals surface area (Å²) < 4.78 is 11.1. The number of quaternary nitrogens is 1. The Kier molecular flexibility index (Phi) is 6.95. The Morgan fingerprint density at radius 3 is 2.52 bits per heavy atom. The van der Waals surface area contributed by atoms with Crippen LogP contribution in [0.5, 0.6) is 11.5 Å². The molecule has 1 heterocycles. The topological polar surface area (TPSA) is 81.1 Å². The highest BCUT2D eigenvalue weighted by Gasteiger charge is 2.19. The Balaban J connectivity index is 1.48. The quantitative estimate of drug-likeness (QED) is 0.635. The molecule has 3 N–H and O–H groups in total. The maximum absolute atomic E-state index is 12.4. The number of nitrogens with one attached hydrogen (secondary N) is 3. The van der Waals surface area contributed by atoms with E-state index in [0.29, 0.717) is 35.4 Å². The van der Waals surface area contributed by atoms with E-state index in [2.05, 4.69) is 10.6 Å². The molecule has 7 nitrogen and oxygen atoms in total. The second-order valence-electron chi connectivity index (χ2n) is 7.03. The molecule has 2 atom stereocenters. The highest BCUT2D eigenvalue weighted by Crippen LogP contribution is 2.32. The van der Waals surface area contributed by atoms with Gasteiger partial charge < -0.3 is 25.0 Å². The first-order chi connectivity index (χ1) is 13.9. The molecule has 0 saturated carbocycles.